The van der Waals surface area contributed by atoms with Crippen LogP contribution in [-0.4, -0.2) is 28.2 Å². The Bertz CT molecular complexity index is 187. The van der Waals surface area contributed by atoms with Crippen LogP contribution in [0.3, 0.4) is 0 Å². The first kappa shape index (κ1) is 11.9. The zero-order valence-corrected chi connectivity index (χ0v) is 9.48. The van der Waals surface area contributed by atoms with E-state index in [0.717, 1.165) is 6.42 Å². The average Bonchev–Trinajstić information content (AvgIpc) is 2.61. The molecule has 14 heavy (non-hydrogen) atoms. The normalized spacial score (nSPS) is 26.6. The van der Waals surface area contributed by atoms with Crippen molar-refractivity contribution in [2.24, 2.45) is 0 Å². The third kappa shape index (κ3) is 3.88. The minimum atomic E-state index is -0.714. The van der Waals surface area contributed by atoms with Crippen LogP contribution in [0.15, 0.2) is 0 Å². The van der Waals surface area contributed by atoms with Gasteiger partial charge in [0.15, 0.2) is 0 Å². The lowest BCUT2D eigenvalue weighted by atomic mass is 10.1. The lowest BCUT2D eigenvalue weighted by Gasteiger charge is -2.09. The summed E-state index contributed by atoms with van der Waals surface area (Å²) in [5.41, 5.74) is 0. The number of hydrogen-bond acceptors (Lipinski definition) is 3. The SMILES string of the molecule is CCCCCCC1N[C@@H](C(=O)O)CS1. The number of nitrogens with one attached hydrogen (secondary N) is 1. The molecular formula is C10H19NO2S. The summed E-state index contributed by atoms with van der Waals surface area (Å²) in [6.07, 6.45) is 6.13. The second kappa shape index (κ2) is 6.30. The van der Waals surface area contributed by atoms with Gasteiger partial charge in [0.25, 0.3) is 0 Å². The van der Waals surface area contributed by atoms with E-state index in [2.05, 4.69) is 12.2 Å². The Labute approximate surface area is 89.6 Å². The van der Waals surface area contributed by atoms with Crippen LogP contribution in [0.25, 0.3) is 0 Å². The highest BCUT2D eigenvalue weighted by Gasteiger charge is 2.28. The van der Waals surface area contributed by atoms with E-state index in [1.807, 2.05) is 0 Å². The van der Waals surface area contributed by atoms with Crippen LogP contribution in [0.4, 0.5) is 0 Å². The molecule has 0 aromatic carbocycles. The summed E-state index contributed by atoms with van der Waals surface area (Å²) in [4.78, 5) is 10.6. The first-order valence-electron chi connectivity index (χ1n) is 5.34. The summed E-state index contributed by atoms with van der Waals surface area (Å²) in [5, 5.41) is 12.3. The van der Waals surface area contributed by atoms with Gasteiger partial charge in [-0.3, -0.25) is 10.1 Å². The fourth-order valence-corrected chi connectivity index (χ4v) is 2.86. The molecule has 1 unspecified atom stereocenters. The van der Waals surface area contributed by atoms with Crippen molar-refractivity contribution in [2.75, 3.05) is 5.75 Å². The van der Waals surface area contributed by atoms with E-state index in [1.54, 1.807) is 11.8 Å². The third-order valence-corrected chi connectivity index (χ3v) is 3.77. The van der Waals surface area contributed by atoms with Crippen LogP contribution < -0.4 is 5.32 Å². The van der Waals surface area contributed by atoms with Crippen molar-refractivity contribution in [3.63, 3.8) is 0 Å². The highest BCUT2D eigenvalue weighted by atomic mass is 32.2. The topological polar surface area (TPSA) is 49.3 Å². The summed E-state index contributed by atoms with van der Waals surface area (Å²) in [6.45, 7) is 2.20. The summed E-state index contributed by atoms with van der Waals surface area (Å²) in [6, 6.07) is -0.323. The lowest BCUT2D eigenvalue weighted by Crippen LogP contribution is -2.36. The van der Waals surface area contributed by atoms with Gasteiger partial charge in [-0.05, 0) is 6.42 Å². The number of carbonyl (C=O) groups is 1. The van der Waals surface area contributed by atoms with Crippen LogP contribution in [0.5, 0.6) is 0 Å². The molecule has 0 saturated carbocycles. The lowest BCUT2D eigenvalue weighted by molar-refractivity contribution is -0.138. The van der Waals surface area contributed by atoms with E-state index in [1.165, 1.54) is 25.7 Å². The molecule has 0 aromatic rings. The second-order valence-corrected chi connectivity index (χ2v) is 4.96. The van der Waals surface area contributed by atoms with Crippen molar-refractivity contribution in [3.8, 4) is 0 Å². The zero-order chi connectivity index (χ0) is 10.4. The Morgan fingerprint density at radius 2 is 2.29 bits per heavy atom. The van der Waals surface area contributed by atoms with Gasteiger partial charge < -0.3 is 5.11 Å². The first-order chi connectivity index (χ1) is 6.74. The molecule has 1 fully saturated rings. The molecule has 0 amide bonds. The molecule has 3 nitrogen and oxygen atoms in total. The van der Waals surface area contributed by atoms with Gasteiger partial charge in [-0.2, -0.15) is 0 Å². The van der Waals surface area contributed by atoms with Gasteiger partial charge in [-0.1, -0.05) is 32.6 Å². The Morgan fingerprint density at radius 3 is 2.86 bits per heavy atom. The Morgan fingerprint density at radius 1 is 1.50 bits per heavy atom. The van der Waals surface area contributed by atoms with Gasteiger partial charge in [-0.25, -0.2) is 0 Å². The molecule has 0 radical (unpaired) electrons. The van der Waals surface area contributed by atoms with E-state index in [9.17, 15) is 4.79 Å². The maximum atomic E-state index is 10.6. The van der Waals surface area contributed by atoms with Crippen LogP contribution in [-0.2, 0) is 4.79 Å². The molecule has 4 heteroatoms. The molecule has 1 aliphatic heterocycles. The van der Waals surface area contributed by atoms with Crippen molar-refractivity contribution >= 4 is 17.7 Å². The van der Waals surface area contributed by atoms with E-state index < -0.39 is 5.97 Å². The molecule has 1 aliphatic rings. The van der Waals surface area contributed by atoms with Gasteiger partial charge in [0, 0.05) is 5.75 Å². The Hall–Kier alpha value is -0.220. The molecule has 2 N–H and O–H groups in total. The molecule has 2 atom stereocenters. The van der Waals surface area contributed by atoms with Crippen molar-refractivity contribution in [1.82, 2.24) is 5.32 Å². The van der Waals surface area contributed by atoms with Gasteiger partial charge >= 0.3 is 5.97 Å². The number of hydrogen-bond donors (Lipinski definition) is 2. The van der Waals surface area contributed by atoms with E-state index in [0.29, 0.717) is 11.1 Å². The highest BCUT2D eigenvalue weighted by molar-refractivity contribution is 8.00. The largest absolute Gasteiger partial charge is 0.480 e. The molecule has 0 aromatic heterocycles. The van der Waals surface area contributed by atoms with E-state index in [4.69, 9.17) is 5.11 Å². The smallest absolute Gasteiger partial charge is 0.321 e. The maximum absolute atomic E-state index is 10.6. The van der Waals surface area contributed by atoms with Gasteiger partial charge in [0.1, 0.15) is 6.04 Å². The average molecular weight is 217 g/mol. The van der Waals surface area contributed by atoms with Crippen molar-refractivity contribution in [3.05, 3.63) is 0 Å². The highest BCUT2D eigenvalue weighted by Crippen LogP contribution is 2.23. The second-order valence-electron chi connectivity index (χ2n) is 3.73. The number of carboxylic acid groups (broad SMARTS) is 1. The molecule has 1 heterocycles. The number of unbranched alkanes of at least 4 members (excludes halogenated alkanes) is 3. The van der Waals surface area contributed by atoms with Gasteiger partial charge in [0.2, 0.25) is 0 Å². The van der Waals surface area contributed by atoms with Crippen LogP contribution >= 0.6 is 11.8 Å². The summed E-state index contributed by atoms with van der Waals surface area (Å²) in [5.74, 6) is 0.00175. The van der Waals surface area contributed by atoms with Crippen molar-refractivity contribution in [1.29, 1.82) is 0 Å². The summed E-state index contributed by atoms with van der Waals surface area (Å²) >= 11 is 1.74. The number of carboxylic acids is 1. The van der Waals surface area contributed by atoms with E-state index >= 15 is 0 Å². The molecule has 82 valence electrons. The van der Waals surface area contributed by atoms with Crippen molar-refractivity contribution in [2.45, 2.75) is 50.4 Å². The molecule has 0 bridgehead atoms. The Kier molecular flexibility index (Phi) is 5.33. The molecular weight excluding hydrogens is 198 g/mol. The minimum Gasteiger partial charge on any atom is -0.480 e. The molecule has 0 aliphatic carbocycles. The van der Waals surface area contributed by atoms with Gasteiger partial charge in [0.05, 0.1) is 5.37 Å². The third-order valence-electron chi connectivity index (χ3n) is 2.47. The minimum absolute atomic E-state index is 0.323. The summed E-state index contributed by atoms with van der Waals surface area (Å²) in [7, 11) is 0. The standard InChI is InChI=1S/C10H19NO2S/c1-2-3-4-5-6-9-11-8(7-14-9)10(12)13/h8-9,11H,2-7H2,1H3,(H,12,13)/t8-,9?/m1/s1. The number of rotatable bonds is 6. The van der Waals surface area contributed by atoms with Gasteiger partial charge in [-0.15, -0.1) is 11.8 Å². The van der Waals surface area contributed by atoms with Crippen LogP contribution in [0.1, 0.15) is 39.0 Å². The fourth-order valence-electron chi connectivity index (χ4n) is 1.60. The fraction of sp³-hybridized carbons (Fsp3) is 0.900. The molecule has 1 saturated heterocycles. The number of aliphatic carboxylic acids is 1. The predicted octanol–water partition coefficient (Wildman–Crippen LogP) is 2.07. The van der Waals surface area contributed by atoms with Crippen LogP contribution in [0, 0.1) is 0 Å². The molecule has 0 spiro atoms. The quantitative estimate of drug-likeness (QED) is 0.669. The Balaban J connectivity index is 2.07. The molecule has 1 rings (SSSR count). The number of thioether (sulfide) groups is 1. The van der Waals surface area contributed by atoms with Crippen molar-refractivity contribution < 1.29 is 9.90 Å². The first-order valence-corrected chi connectivity index (χ1v) is 6.39. The van der Waals surface area contributed by atoms with E-state index in [-0.39, 0.29) is 6.04 Å². The summed E-state index contributed by atoms with van der Waals surface area (Å²) < 4.78 is 0. The zero-order valence-electron chi connectivity index (χ0n) is 8.66. The van der Waals surface area contributed by atoms with Crippen LogP contribution in [0.2, 0.25) is 0 Å². The maximum Gasteiger partial charge on any atom is 0.321 e. The predicted molar refractivity (Wildman–Crippen MR) is 59.6 cm³/mol. The monoisotopic (exact) mass is 217 g/mol.